The molecule has 6 nitrogen and oxygen atoms in total. The Labute approximate surface area is 147 Å². The van der Waals surface area contributed by atoms with E-state index in [9.17, 15) is 9.90 Å². The minimum absolute atomic E-state index is 0.0989. The minimum Gasteiger partial charge on any atom is -0.491 e. The van der Waals surface area contributed by atoms with Gasteiger partial charge in [-0.3, -0.25) is 4.79 Å². The summed E-state index contributed by atoms with van der Waals surface area (Å²) in [7, 11) is 3.81. The summed E-state index contributed by atoms with van der Waals surface area (Å²) in [5.41, 5.74) is 2.47. The third-order valence-corrected chi connectivity index (χ3v) is 4.14. The zero-order valence-corrected chi connectivity index (χ0v) is 14.7. The Morgan fingerprint density at radius 3 is 2.68 bits per heavy atom. The molecule has 2 aromatic rings. The second-order valence-corrected chi connectivity index (χ2v) is 6.78. The predicted octanol–water partition coefficient (Wildman–Crippen LogP) is 2.45. The van der Waals surface area contributed by atoms with Crippen molar-refractivity contribution in [1.82, 2.24) is 9.88 Å². The van der Waals surface area contributed by atoms with Gasteiger partial charge in [0.25, 0.3) is 5.91 Å². The molecule has 0 radical (unpaired) electrons. The highest BCUT2D eigenvalue weighted by molar-refractivity contribution is 6.05. The molecule has 0 unspecified atom stereocenters. The van der Waals surface area contributed by atoms with E-state index in [4.69, 9.17) is 4.74 Å². The molecule has 0 aliphatic heterocycles. The summed E-state index contributed by atoms with van der Waals surface area (Å²) in [6, 6.07) is 9.00. The van der Waals surface area contributed by atoms with Crippen molar-refractivity contribution in [3.63, 3.8) is 0 Å². The maximum atomic E-state index is 12.4. The average molecular weight is 343 g/mol. The van der Waals surface area contributed by atoms with Crippen molar-refractivity contribution in [3.8, 4) is 5.75 Å². The number of likely N-dealkylation sites (N-methyl/N-ethyl adjacent to an activating group) is 1. The first-order chi connectivity index (χ1) is 12.0. The first kappa shape index (κ1) is 17.5. The summed E-state index contributed by atoms with van der Waals surface area (Å²) >= 11 is 0. The third-order valence-electron chi connectivity index (χ3n) is 4.14. The van der Waals surface area contributed by atoms with Crippen LogP contribution >= 0.6 is 0 Å². The molecule has 3 rings (SSSR count). The molecule has 1 aromatic carbocycles. The summed E-state index contributed by atoms with van der Waals surface area (Å²) in [4.78, 5) is 17.5. The zero-order chi connectivity index (χ0) is 17.8. The van der Waals surface area contributed by atoms with Gasteiger partial charge in [-0.05, 0) is 63.2 Å². The molecule has 1 aliphatic carbocycles. The van der Waals surface area contributed by atoms with E-state index in [1.165, 1.54) is 0 Å². The quantitative estimate of drug-likeness (QED) is 0.688. The highest BCUT2D eigenvalue weighted by Crippen LogP contribution is 2.40. The van der Waals surface area contributed by atoms with E-state index >= 15 is 0 Å². The molecule has 3 N–H and O–H groups in total. The number of ether oxygens (including phenoxy) is 1. The van der Waals surface area contributed by atoms with Gasteiger partial charge in [0, 0.05) is 24.1 Å². The van der Waals surface area contributed by atoms with E-state index < -0.39 is 6.10 Å². The molecular formula is C19H25N3O3. The molecule has 134 valence electrons. The van der Waals surface area contributed by atoms with Crippen LogP contribution in [-0.2, 0) is 0 Å². The molecule has 1 fully saturated rings. The fraction of sp³-hybridized carbons (Fsp3) is 0.421. The maximum absolute atomic E-state index is 12.4. The lowest BCUT2D eigenvalue weighted by Crippen LogP contribution is -2.30. The van der Waals surface area contributed by atoms with Crippen molar-refractivity contribution in [2.24, 2.45) is 0 Å². The minimum atomic E-state index is -0.538. The number of aromatic nitrogens is 1. The highest BCUT2D eigenvalue weighted by Gasteiger charge is 2.29. The first-order valence-corrected chi connectivity index (χ1v) is 8.57. The van der Waals surface area contributed by atoms with Gasteiger partial charge in [0.15, 0.2) is 0 Å². The Morgan fingerprint density at radius 1 is 1.32 bits per heavy atom. The van der Waals surface area contributed by atoms with Crippen LogP contribution in [0.1, 0.15) is 34.8 Å². The van der Waals surface area contributed by atoms with Crippen molar-refractivity contribution in [1.29, 1.82) is 0 Å². The Kier molecular flexibility index (Phi) is 5.40. The van der Waals surface area contributed by atoms with Crippen molar-refractivity contribution in [2.75, 3.05) is 32.6 Å². The van der Waals surface area contributed by atoms with Crippen LogP contribution in [0, 0.1) is 0 Å². The van der Waals surface area contributed by atoms with E-state index in [1.807, 2.05) is 31.3 Å². The van der Waals surface area contributed by atoms with Gasteiger partial charge >= 0.3 is 0 Å². The number of rotatable bonds is 8. The number of hydrogen-bond donors (Lipinski definition) is 3. The Bertz CT molecular complexity index is 705. The van der Waals surface area contributed by atoms with Crippen LogP contribution in [0.2, 0.25) is 0 Å². The van der Waals surface area contributed by atoms with Gasteiger partial charge in [-0.1, -0.05) is 0 Å². The molecule has 0 saturated heterocycles. The number of aliphatic hydroxyl groups excluding tert-OH is 1. The van der Waals surface area contributed by atoms with E-state index in [-0.39, 0.29) is 12.5 Å². The van der Waals surface area contributed by atoms with Crippen LogP contribution in [0.4, 0.5) is 5.69 Å². The van der Waals surface area contributed by atoms with Gasteiger partial charge in [-0.25, -0.2) is 0 Å². The number of carbonyl (C=O) groups is 1. The van der Waals surface area contributed by atoms with Gasteiger partial charge in [-0.15, -0.1) is 0 Å². The number of benzene rings is 1. The number of H-pyrrole nitrogens is 1. The molecule has 1 atom stereocenters. The molecule has 6 heteroatoms. The van der Waals surface area contributed by atoms with Crippen LogP contribution in [0.5, 0.6) is 5.75 Å². The summed E-state index contributed by atoms with van der Waals surface area (Å²) < 4.78 is 5.57. The van der Waals surface area contributed by atoms with Crippen LogP contribution in [-0.4, -0.2) is 54.2 Å². The van der Waals surface area contributed by atoms with Crippen molar-refractivity contribution in [3.05, 3.63) is 47.8 Å². The third kappa shape index (κ3) is 4.84. The molecule has 1 heterocycles. The molecule has 1 amide bonds. The number of hydrogen-bond acceptors (Lipinski definition) is 4. The standard InChI is InChI=1S/C19H25N3O3/c1-22(2)11-15(23)12-25-16-7-5-14(6-8-16)21-19(24)17-9-10-20-18(17)13-3-4-13/h5-10,13,15,20,23H,3-4,11-12H2,1-2H3,(H,21,24)/t15-/m0/s1. The molecule has 1 aromatic heterocycles. The lowest BCUT2D eigenvalue weighted by Gasteiger charge is -2.16. The summed E-state index contributed by atoms with van der Waals surface area (Å²) in [6.45, 7) is 0.784. The normalized spacial score (nSPS) is 15.2. The van der Waals surface area contributed by atoms with Crippen LogP contribution in [0.25, 0.3) is 0 Å². The Hall–Kier alpha value is -2.31. The SMILES string of the molecule is CN(C)C[C@H](O)COc1ccc(NC(=O)c2cc[nH]c2C2CC2)cc1. The number of amides is 1. The lowest BCUT2D eigenvalue weighted by molar-refractivity contribution is 0.0831. The fourth-order valence-corrected chi connectivity index (χ4v) is 2.79. The second kappa shape index (κ2) is 7.72. The Morgan fingerprint density at radius 2 is 2.04 bits per heavy atom. The Balaban J connectivity index is 1.53. The number of aliphatic hydroxyl groups is 1. The molecule has 0 bridgehead atoms. The van der Waals surface area contributed by atoms with Crippen molar-refractivity contribution in [2.45, 2.75) is 24.9 Å². The second-order valence-electron chi connectivity index (χ2n) is 6.78. The largest absolute Gasteiger partial charge is 0.491 e. The van der Waals surface area contributed by atoms with E-state index in [1.54, 1.807) is 24.3 Å². The van der Waals surface area contributed by atoms with Gasteiger partial charge in [0.2, 0.25) is 0 Å². The number of anilines is 1. The van der Waals surface area contributed by atoms with Crippen molar-refractivity contribution < 1.29 is 14.6 Å². The van der Waals surface area contributed by atoms with Crippen molar-refractivity contribution >= 4 is 11.6 Å². The summed E-state index contributed by atoms with van der Waals surface area (Å²) in [5, 5.41) is 12.7. The molecule has 1 saturated carbocycles. The van der Waals surface area contributed by atoms with E-state index in [2.05, 4.69) is 10.3 Å². The van der Waals surface area contributed by atoms with Crippen LogP contribution < -0.4 is 10.1 Å². The van der Waals surface area contributed by atoms with Gasteiger partial charge in [0.05, 0.1) is 5.56 Å². The maximum Gasteiger partial charge on any atom is 0.257 e. The number of nitrogens with zero attached hydrogens (tertiary/aromatic N) is 1. The van der Waals surface area contributed by atoms with Gasteiger partial charge in [-0.2, -0.15) is 0 Å². The predicted molar refractivity (Wildman–Crippen MR) is 97.2 cm³/mol. The van der Waals surface area contributed by atoms with Crippen LogP contribution in [0.3, 0.4) is 0 Å². The van der Waals surface area contributed by atoms with E-state index in [0.29, 0.717) is 23.9 Å². The molecule has 1 aliphatic rings. The molecule has 0 spiro atoms. The number of nitrogens with one attached hydrogen (secondary N) is 2. The van der Waals surface area contributed by atoms with Gasteiger partial charge in [0.1, 0.15) is 18.5 Å². The zero-order valence-electron chi connectivity index (χ0n) is 14.7. The lowest BCUT2D eigenvalue weighted by atomic mass is 10.1. The average Bonchev–Trinajstić information content (AvgIpc) is 3.30. The number of aromatic amines is 1. The highest BCUT2D eigenvalue weighted by atomic mass is 16.5. The smallest absolute Gasteiger partial charge is 0.257 e. The van der Waals surface area contributed by atoms with E-state index in [0.717, 1.165) is 24.1 Å². The summed E-state index contributed by atoms with van der Waals surface area (Å²) in [5.74, 6) is 1.06. The van der Waals surface area contributed by atoms with Gasteiger partial charge < -0.3 is 25.0 Å². The summed E-state index contributed by atoms with van der Waals surface area (Å²) in [6.07, 6.45) is 3.57. The topological polar surface area (TPSA) is 77.6 Å². The van der Waals surface area contributed by atoms with Crippen LogP contribution in [0.15, 0.2) is 36.5 Å². The number of carbonyl (C=O) groups excluding carboxylic acids is 1. The monoisotopic (exact) mass is 343 g/mol. The molecule has 25 heavy (non-hydrogen) atoms. The fourth-order valence-electron chi connectivity index (χ4n) is 2.79. The molecular weight excluding hydrogens is 318 g/mol. The first-order valence-electron chi connectivity index (χ1n) is 8.57.